The molecular formula is C52H29NO. The molecule has 2 heteroatoms. The first-order valence-electron chi connectivity index (χ1n) is 18.7. The molecule has 2 heterocycles. The van der Waals surface area contributed by atoms with Crippen molar-refractivity contribution in [2.24, 2.45) is 0 Å². The highest BCUT2D eigenvalue weighted by Crippen LogP contribution is 2.56. The van der Waals surface area contributed by atoms with Gasteiger partial charge in [-0.1, -0.05) is 140 Å². The van der Waals surface area contributed by atoms with Gasteiger partial charge in [0, 0.05) is 32.8 Å². The Bertz CT molecular complexity index is 3600. The molecule has 2 aromatic heterocycles. The molecule has 0 radical (unpaired) electrons. The van der Waals surface area contributed by atoms with Crippen LogP contribution in [0.1, 0.15) is 0 Å². The van der Waals surface area contributed by atoms with Crippen LogP contribution in [0.15, 0.2) is 180 Å². The SMILES string of the molecule is c1ccc(-c2cccc3oc4ccc(-n5c6ccc7c8c6c6c9c(cccc9c(-c9cccc%10ccccc9%10)c-8c8ccccc87)ccc65)cc4c23)cc1. The molecule has 0 saturated carbocycles. The fraction of sp³-hybridized carbons (Fsp3) is 0. The molecule has 0 N–H and O–H groups in total. The van der Waals surface area contributed by atoms with Crippen molar-refractivity contribution >= 4 is 86.8 Å². The highest BCUT2D eigenvalue weighted by Gasteiger charge is 2.29. The number of hydrogen-bond acceptors (Lipinski definition) is 1. The van der Waals surface area contributed by atoms with Gasteiger partial charge in [0.2, 0.25) is 0 Å². The summed E-state index contributed by atoms with van der Waals surface area (Å²) in [5.74, 6) is 0. The molecule has 2 nitrogen and oxygen atoms in total. The van der Waals surface area contributed by atoms with Crippen LogP contribution in [0.3, 0.4) is 0 Å². The van der Waals surface area contributed by atoms with E-state index in [4.69, 9.17) is 4.42 Å². The van der Waals surface area contributed by atoms with Gasteiger partial charge in [0.05, 0.1) is 11.0 Å². The van der Waals surface area contributed by atoms with Gasteiger partial charge < -0.3 is 8.98 Å². The molecule has 0 spiro atoms. The average molecular weight is 684 g/mol. The molecule has 0 saturated heterocycles. The lowest BCUT2D eigenvalue weighted by atomic mass is 9.89. The minimum atomic E-state index is 0.896. The predicted octanol–water partition coefficient (Wildman–Crippen LogP) is 14.6. The summed E-state index contributed by atoms with van der Waals surface area (Å²) in [6, 6.07) is 64.7. The molecule has 0 aliphatic heterocycles. The predicted molar refractivity (Wildman–Crippen MR) is 228 cm³/mol. The molecule has 2 aliphatic rings. The summed E-state index contributed by atoms with van der Waals surface area (Å²) in [5.41, 5.74) is 13.0. The van der Waals surface area contributed by atoms with Crippen molar-refractivity contribution in [2.75, 3.05) is 0 Å². The van der Waals surface area contributed by atoms with Crippen LogP contribution in [0.2, 0.25) is 0 Å². The van der Waals surface area contributed by atoms with Crippen LogP contribution in [-0.2, 0) is 0 Å². The fourth-order valence-electron chi connectivity index (χ4n) is 9.94. The molecule has 248 valence electrons. The summed E-state index contributed by atoms with van der Waals surface area (Å²) in [6.07, 6.45) is 0. The van der Waals surface area contributed by atoms with E-state index < -0.39 is 0 Å². The average Bonchev–Trinajstić information content (AvgIpc) is 3.86. The van der Waals surface area contributed by atoms with Gasteiger partial charge in [-0.2, -0.15) is 0 Å². The summed E-state index contributed by atoms with van der Waals surface area (Å²) in [4.78, 5) is 0. The van der Waals surface area contributed by atoms with E-state index in [1.165, 1.54) is 98.3 Å². The number of aromatic nitrogens is 1. The first kappa shape index (κ1) is 28.4. The topological polar surface area (TPSA) is 18.1 Å². The van der Waals surface area contributed by atoms with Crippen LogP contribution in [0.5, 0.6) is 0 Å². The van der Waals surface area contributed by atoms with Gasteiger partial charge in [0.1, 0.15) is 11.2 Å². The minimum Gasteiger partial charge on any atom is -0.456 e. The van der Waals surface area contributed by atoms with E-state index >= 15 is 0 Å². The van der Waals surface area contributed by atoms with E-state index in [9.17, 15) is 0 Å². The molecule has 11 aromatic rings. The van der Waals surface area contributed by atoms with Crippen molar-refractivity contribution in [3.63, 3.8) is 0 Å². The second-order valence-corrected chi connectivity index (χ2v) is 14.7. The van der Waals surface area contributed by atoms with Crippen molar-refractivity contribution in [2.45, 2.75) is 0 Å². The molecule has 0 bridgehead atoms. The smallest absolute Gasteiger partial charge is 0.136 e. The van der Waals surface area contributed by atoms with Crippen LogP contribution in [-0.4, -0.2) is 4.57 Å². The normalized spacial score (nSPS) is 12.4. The van der Waals surface area contributed by atoms with Gasteiger partial charge in [0.15, 0.2) is 0 Å². The third-order valence-corrected chi connectivity index (χ3v) is 12.1. The first-order chi connectivity index (χ1) is 26.8. The summed E-state index contributed by atoms with van der Waals surface area (Å²) in [7, 11) is 0. The quantitative estimate of drug-likeness (QED) is 0.181. The third-order valence-electron chi connectivity index (χ3n) is 12.1. The van der Waals surface area contributed by atoms with Crippen LogP contribution < -0.4 is 0 Å². The molecule has 0 fully saturated rings. The molecule has 0 amide bonds. The Balaban J connectivity index is 1.22. The van der Waals surface area contributed by atoms with Crippen molar-refractivity contribution < 1.29 is 4.42 Å². The van der Waals surface area contributed by atoms with E-state index in [-0.39, 0.29) is 0 Å². The number of fused-ring (bicyclic) bond motifs is 7. The lowest BCUT2D eigenvalue weighted by Gasteiger charge is -2.15. The molecule has 13 rings (SSSR count). The lowest BCUT2D eigenvalue weighted by molar-refractivity contribution is 0.669. The van der Waals surface area contributed by atoms with Crippen LogP contribution >= 0.6 is 0 Å². The molecular weight excluding hydrogens is 655 g/mol. The Hall–Kier alpha value is -7.16. The van der Waals surface area contributed by atoms with E-state index in [0.717, 1.165) is 27.6 Å². The Kier molecular flexibility index (Phi) is 5.39. The van der Waals surface area contributed by atoms with Gasteiger partial charge in [0.25, 0.3) is 0 Å². The standard InChI is InChI=1S/C52H29NO/c1-2-11-31(12-3-1)35-19-10-22-45-47(35)41-29-33(24-28-44(41)54-45)53-42-26-23-32-15-9-21-40-46(32)51(42)52-43(53)27-25-39-36-17-6-7-18-38(36)49(50(39)52)48(40)37-20-8-14-30-13-4-5-16-34(30)37/h1-29H. The number of rotatable bonds is 3. The maximum absolute atomic E-state index is 6.51. The molecule has 2 aliphatic carbocycles. The van der Waals surface area contributed by atoms with Gasteiger partial charge in [-0.05, 0) is 107 Å². The second-order valence-electron chi connectivity index (χ2n) is 14.7. The van der Waals surface area contributed by atoms with Crippen LogP contribution in [0.4, 0.5) is 0 Å². The van der Waals surface area contributed by atoms with E-state index in [1.807, 2.05) is 0 Å². The zero-order valence-corrected chi connectivity index (χ0v) is 29.1. The van der Waals surface area contributed by atoms with E-state index in [0.29, 0.717) is 0 Å². The Morgan fingerprint density at radius 3 is 1.94 bits per heavy atom. The fourth-order valence-corrected chi connectivity index (χ4v) is 9.94. The van der Waals surface area contributed by atoms with Crippen molar-refractivity contribution in [3.8, 4) is 39.1 Å². The third kappa shape index (κ3) is 3.55. The van der Waals surface area contributed by atoms with Gasteiger partial charge in [-0.3, -0.25) is 0 Å². The van der Waals surface area contributed by atoms with Gasteiger partial charge >= 0.3 is 0 Å². The van der Waals surface area contributed by atoms with E-state index in [2.05, 4.69) is 180 Å². The van der Waals surface area contributed by atoms with Crippen LogP contribution in [0, 0.1) is 0 Å². The van der Waals surface area contributed by atoms with Crippen molar-refractivity contribution in [1.29, 1.82) is 0 Å². The Morgan fingerprint density at radius 2 is 1.02 bits per heavy atom. The zero-order chi connectivity index (χ0) is 35.1. The molecule has 54 heavy (non-hydrogen) atoms. The number of benzene rings is 9. The maximum atomic E-state index is 6.51. The molecule has 0 unspecified atom stereocenters. The Morgan fingerprint density at radius 1 is 0.333 bits per heavy atom. The first-order valence-corrected chi connectivity index (χ1v) is 18.7. The molecule has 0 atom stereocenters. The van der Waals surface area contributed by atoms with Crippen molar-refractivity contribution in [3.05, 3.63) is 176 Å². The van der Waals surface area contributed by atoms with Gasteiger partial charge in [-0.15, -0.1) is 0 Å². The summed E-state index contributed by atoms with van der Waals surface area (Å²) >= 11 is 0. The number of hydrogen-bond donors (Lipinski definition) is 0. The van der Waals surface area contributed by atoms with Gasteiger partial charge in [-0.25, -0.2) is 0 Å². The summed E-state index contributed by atoms with van der Waals surface area (Å²) in [6.45, 7) is 0. The lowest BCUT2D eigenvalue weighted by Crippen LogP contribution is -1.94. The maximum Gasteiger partial charge on any atom is 0.136 e. The molecule has 9 aromatic carbocycles. The Labute approximate surface area is 309 Å². The largest absolute Gasteiger partial charge is 0.456 e. The monoisotopic (exact) mass is 683 g/mol. The second kappa shape index (κ2) is 10.2. The number of nitrogens with zero attached hydrogens (tertiary/aromatic N) is 1. The highest BCUT2D eigenvalue weighted by molar-refractivity contribution is 6.39. The summed E-state index contributed by atoms with van der Waals surface area (Å²) < 4.78 is 9.00. The minimum absolute atomic E-state index is 0.896. The van der Waals surface area contributed by atoms with Crippen molar-refractivity contribution in [1.82, 2.24) is 4.57 Å². The van der Waals surface area contributed by atoms with E-state index in [1.54, 1.807) is 0 Å². The summed E-state index contributed by atoms with van der Waals surface area (Å²) in [5, 5.41) is 15.2. The number of furan rings is 1. The zero-order valence-electron chi connectivity index (χ0n) is 29.1. The van der Waals surface area contributed by atoms with Crippen LogP contribution in [0.25, 0.3) is 126 Å². The highest BCUT2D eigenvalue weighted by atomic mass is 16.3.